The van der Waals surface area contributed by atoms with E-state index in [-0.39, 0.29) is 6.98 Å². The van der Waals surface area contributed by atoms with Crippen LogP contribution in [0.15, 0.2) is 46.6 Å². The summed E-state index contributed by atoms with van der Waals surface area (Å²) in [5.74, 6) is 0.951. The summed E-state index contributed by atoms with van der Waals surface area (Å²) < 4.78 is 6.12. The van der Waals surface area contributed by atoms with E-state index in [1.807, 2.05) is 12.1 Å². The second kappa shape index (κ2) is 4.60. The van der Waals surface area contributed by atoms with Gasteiger partial charge in [-0.15, -0.1) is 0 Å². The van der Waals surface area contributed by atoms with Crippen molar-refractivity contribution in [3.63, 3.8) is 0 Å². The van der Waals surface area contributed by atoms with E-state index in [1.54, 1.807) is 0 Å². The van der Waals surface area contributed by atoms with E-state index in [9.17, 15) is 0 Å². The Morgan fingerprint density at radius 3 is 2.64 bits per heavy atom. The first-order chi connectivity index (χ1) is 10.6. The molecule has 0 unspecified atom stereocenters. The van der Waals surface area contributed by atoms with Crippen LogP contribution in [0, 0.1) is 0 Å². The summed E-state index contributed by atoms with van der Waals surface area (Å²) in [5.41, 5.74) is 3.47. The molecule has 0 saturated carbocycles. The third kappa shape index (κ3) is 1.71. The molecule has 2 aliphatic heterocycles. The summed E-state index contributed by atoms with van der Waals surface area (Å²) >= 11 is 0. The number of hydrogen-bond donors (Lipinski definition) is 0. The van der Waals surface area contributed by atoms with Crippen LogP contribution in [0.4, 0.5) is 5.88 Å². The Morgan fingerprint density at radius 1 is 1.14 bits per heavy atom. The van der Waals surface area contributed by atoms with Crippen molar-refractivity contribution in [2.45, 2.75) is 20.0 Å². The quantitative estimate of drug-likeness (QED) is 0.752. The van der Waals surface area contributed by atoms with Gasteiger partial charge in [0.2, 0.25) is 0 Å². The van der Waals surface area contributed by atoms with E-state index in [2.05, 4.69) is 73.1 Å². The summed E-state index contributed by atoms with van der Waals surface area (Å²) in [6.45, 7) is 4.60. The first-order valence-electron chi connectivity index (χ1n) is 7.68. The van der Waals surface area contributed by atoms with Gasteiger partial charge >= 0.3 is 6.98 Å². The Hall–Kier alpha value is -2.30. The Labute approximate surface area is 131 Å². The van der Waals surface area contributed by atoms with Crippen molar-refractivity contribution in [2.75, 3.05) is 18.9 Å². The number of rotatable bonds is 1. The molecule has 0 bridgehead atoms. The molecule has 112 valence electrons. The molecule has 4 rings (SSSR count). The van der Waals surface area contributed by atoms with Crippen LogP contribution in [-0.2, 0) is 0 Å². The summed E-state index contributed by atoms with van der Waals surface area (Å²) in [4.78, 5) is 6.82. The number of hydrogen-bond acceptors (Lipinski definition) is 4. The first kappa shape index (κ1) is 13.4. The van der Waals surface area contributed by atoms with Crippen LogP contribution in [0.2, 0.25) is 0 Å². The molecule has 0 saturated heterocycles. The molecule has 0 aliphatic carbocycles. The van der Waals surface area contributed by atoms with Gasteiger partial charge in [-0.2, -0.15) is 0 Å². The normalized spacial score (nSPS) is 20.9. The first-order valence-corrected chi connectivity index (χ1v) is 7.68. The van der Waals surface area contributed by atoms with E-state index in [4.69, 9.17) is 4.42 Å². The molecule has 22 heavy (non-hydrogen) atoms. The average molecular weight is 293 g/mol. The zero-order valence-electron chi connectivity index (χ0n) is 13.4. The highest BCUT2D eigenvalue weighted by atomic mass is 16.4. The Kier molecular flexibility index (Phi) is 2.80. The third-order valence-electron chi connectivity index (χ3n) is 4.86. The van der Waals surface area contributed by atoms with Gasteiger partial charge in [0, 0.05) is 30.4 Å². The molecule has 0 N–H and O–H groups in total. The van der Waals surface area contributed by atoms with Crippen LogP contribution in [-0.4, -0.2) is 37.0 Å². The number of para-hydroxylation sites is 1. The number of benzene rings is 1. The van der Waals surface area contributed by atoms with Gasteiger partial charge in [-0.25, -0.2) is 0 Å². The van der Waals surface area contributed by atoms with Gasteiger partial charge in [-0.3, -0.25) is 0 Å². The second-order valence-electron chi connectivity index (χ2n) is 6.23. The molecule has 2 aliphatic rings. The molecule has 5 heteroatoms. The van der Waals surface area contributed by atoms with Crippen molar-refractivity contribution in [3.8, 4) is 0 Å². The Balaban J connectivity index is 1.82. The lowest BCUT2D eigenvalue weighted by molar-refractivity contribution is 0.272. The average Bonchev–Trinajstić information content (AvgIpc) is 3.03. The summed E-state index contributed by atoms with van der Waals surface area (Å²) in [7, 11) is 4.22. The van der Waals surface area contributed by atoms with Gasteiger partial charge in [0.1, 0.15) is 5.58 Å². The zero-order chi connectivity index (χ0) is 15.4. The number of fused-ring (bicyclic) bond motifs is 3. The molecule has 2 aromatic rings. The minimum Gasteiger partial charge on any atom is -0.441 e. The predicted octanol–water partition coefficient (Wildman–Crippen LogP) is 3.38. The summed E-state index contributed by atoms with van der Waals surface area (Å²) in [6, 6.07) is 8.24. The maximum atomic E-state index is 6.12. The standard InChI is InChI=1S/C17H20BN3O/c1-12-11-15-14-7-5-6-8-16(14)22-17(15)20(4)18(12)21-10-9-19(3)13(21)2/h5-11,13H,1-4H3/t13-/m0/s1. The molecule has 1 aromatic heterocycles. The van der Waals surface area contributed by atoms with E-state index < -0.39 is 0 Å². The second-order valence-corrected chi connectivity index (χ2v) is 6.23. The van der Waals surface area contributed by atoms with Crippen LogP contribution >= 0.6 is 0 Å². The fourth-order valence-corrected chi connectivity index (χ4v) is 3.54. The third-order valence-corrected chi connectivity index (χ3v) is 4.86. The minimum absolute atomic E-state index is 0.185. The largest absolute Gasteiger partial charge is 0.441 e. The number of nitrogens with zero attached hydrogens (tertiary/aromatic N) is 3. The maximum absolute atomic E-state index is 6.12. The molecule has 1 atom stereocenters. The highest BCUT2D eigenvalue weighted by molar-refractivity contribution is 6.69. The molecule has 0 radical (unpaired) electrons. The smallest absolute Gasteiger partial charge is 0.410 e. The van der Waals surface area contributed by atoms with Gasteiger partial charge in [-0.05, 0) is 27.0 Å². The molecule has 0 amide bonds. The van der Waals surface area contributed by atoms with Crippen molar-refractivity contribution in [1.29, 1.82) is 0 Å². The van der Waals surface area contributed by atoms with Gasteiger partial charge in [0.15, 0.2) is 5.88 Å². The van der Waals surface area contributed by atoms with E-state index >= 15 is 0 Å². The number of allylic oxidation sites excluding steroid dienone is 1. The molecule has 0 fully saturated rings. The van der Waals surface area contributed by atoms with Crippen LogP contribution in [0.3, 0.4) is 0 Å². The van der Waals surface area contributed by atoms with Crippen LogP contribution in [0.1, 0.15) is 19.4 Å². The van der Waals surface area contributed by atoms with Crippen molar-refractivity contribution >= 4 is 29.9 Å². The van der Waals surface area contributed by atoms with E-state index in [0.29, 0.717) is 6.17 Å². The highest BCUT2D eigenvalue weighted by Crippen LogP contribution is 2.39. The lowest BCUT2D eigenvalue weighted by Crippen LogP contribution is -2.55. The molecular weight excluding hydrogens is 273 g/mol. The van der Waals surface area contributed by atoms with Crippen molar-refractivity contribution < 1.29 is 4.42 Å². The van der Waals surface area contributed by atoms with Gasteiger partial charge in [-0.1, -0.05) is 29.7 Å². The van der Waals surface area contributed by atoms with Crippen LogP contribution in [0.25, 0.3) is 17.0 Å². The van der Waals surface area contributed by atoms with Crippen molar-refractivity contribution in [1.82, 2.24) is 9.71 Å². The lowest BCUT2D eigenvalue weighted by atomic mass is 9.61. The summed E-state index contributed by atoms with van der Waals surface area (Å²) in [6.07, 6.45) is 6.89. The molecule has 3 heterocycles. The Bertz CT molecular complexity index is 794. The van der Waals surface area contributed by atoms with Gasteiger partial charge < -0.3 is 18.9 Å². The maximum Gasteiger partial charge on any atom is 0.410 e. The fraction of sp³-hybridized carbons (Fsp3) is 0.294. The number of furan rings is 1. The SMILES string of the molecule is CC1=Cc2c(oc3ccccc23)N(C)B1N1C=CN(C)[C@@H]1C. The topological polar surface area (TPSA) is 22.9 Å². The molecular formula is C17H20BN3O. The van der Waals surface area contributed by atoms with Gasteiger partial charge in [0.25, 0.3) is 0 Å². The van der Waals surface area contributed by atoms with Crippen molar-refractivity contribution in [3.05, 3.63) is 47.7 Å². The lowest BCUT2D eigenvalue weighted by Gasteiger charge is -2.39. The van der Waals surface area contributed by atoms with E-state index in [1.165, 1.54) is 16.4 Å². The molecule has 0 spiro atoms. The van der Waals surface area contributed by atoms with Crippen LogP contribution < -0.4 is 4.81 Å². The van der Waals surface area contributed by atoms with Gasteiger partial charge in [0.05, 0.1) is 6.17 Å². The van der Waals surface area contributed by atoms with E-state index in [0.717, 1.165) is 11.5 Å². The fourth-order valence-electron chi connectivity index (χ4n) is 3.54. The zero-order valence-corrected chi connectivity index (χ0v) is 13.4. The van der Waals surface area contributed by atoms with Crippen molar-refractivity contribution in [2.24, 2.45) is 0 Å². The monoisotopic (exact) mass is 293 g/mol. The highest BCUT2D eigenvalue weighted by Gasteiger charge is 2.40. The predicted molar refractivity (Wildman–Crippen MR) is 92.2 cm³/mol. The molecule has 1 aromatic carbocycles. The van der Waals surface area contributed by atoms with Crippen LogP contribution in [0.5, 0.6) is 0 Å². The molecule has 4 nitrogen and oxygen atoms in total. The summed E-state index contributed by atoms with van der Waals surface area (Å²) in [5, 5.41) is 1.18. The number of anilines is 1. The minimum atomic E-state index is 0.185. The Morgan fingerprint density at radius 2 is 1.91 bits per heavy atom.